The van der Waals surface area contributed by atoms with Crippen molar-refractivity contribution in [3.63, 3.8) is 0 Å². The lowest BCUT2D eigenvalue weighted by atomic mass is 9.73. The Labute approximate surface area is 214 Å². The fourth-order valence-electron chi connectivity index (χ4n) is 4.35. The van der Waals surface area contributed by atoms with Gasteiger partial charge in [-0.2, -0.15) is 0 Å². The van der Waals surface area contributed by atoms with Crippen LogP contribution in [0.3, 0.4) is 0 Å². The maximum absolute atomic E-state index is 12.2. The smallest absolute Gasteiger partial charge is 0.251 e. The second-order valence-corrected chi connectivity index (χ2v) is 9.96. The first kappa shape index (κ1) is 26.5. The minimum atomic E-state index is -0.139. The van der Waals surface area contributed by atoms with Crippen molar-refractivity contribution in [2.45, 2.75) is 58.9 Å². The SMILES string of the molecule is C=C(Nc1ccc(C(=O)NCCC)cc1N)Nc1cc(CNC(=C)C2(C)CCCCC2)ccc1Cl. The van der Waals surface area contributed by atoms with Crippen LogP contribution in [0.4, 0.5) is 17.1 Å². The summed E-state index contributed by atoms with van der Waals surface area (Å²) in [7, 11) is 0. The Morgan fingerprint density at radius 1 is 1.03 bits per heavy atom. The number of carbonyl (C=O) groups is 1. The van der Waals surface area contributed by atoms with Gasteiger partial charge in [0.1, 0.15) is 5.82 Å². The lowest BCUT2D eigenvalue weighted by molar-refractivity contribution is 0.0953. The third-order valence-corrected chi connectivity index (χ3v) is 6.97. The number of amides is 1. The number of anilines is 3. The van der Waals surface area contributed by atoms with Gasteiger partial charge in [0, 0.05) is 29.8 Å². The molecule has 0 heterocycles. The molecule has 1 saturated carbocycles. The van der Waals surface area contributed by atoms with Crippen LogP contribution in [-0.4, -0.2) is 12.5 Å². The second-order valence-electron chi connectivity index (χ2n) is 9.55. The van der Waals surface area contributed by atoms with Crippen molar-refractivity contribution in [3.8, 4) is 0 Å². The van der Waals surface area contributed by atoms with Crippen LogP contribution in [0.5, 0.6) is 0 Å². The summed E-state index contributed by atoms with van der Waals surface area (Å²) in [5, 5.41) is 13.4. The van der Waals surface area contributed by atoms with Gasteiger partial charge in [0.2, 0.25) is 0 Å². The average molecular weight is 496 g/mol. The van der Waals surface area contributed by atoms with Crippen molar-refractivity contribution < 1.29 is 4.79 Å². The molecule has 0 aliphatic heterocycles. The molecule has 0 radical (unpaired) electrons. The molecule has 0 bridgehead atoms. The second kappa shape index (κ2) is 12.0. The number of rotatable bonds is 11. The fourth-order valence-corrected chi connectivity index (χ4v) is 4.51. The van der Waals surface area contributed by atoms with Crippen LogP contribution < -0.4 is 27.0 Å². The Balaban J connectivity index is 1.60. The van der Waals surface area contributed by atoms with Crippen LogP contribution in [-0.2, 0) is 6.54 Å². The molecule has 1 aliphatic rings. The molecular formula is C28H38ClN5O. The molecular weight excluding hydrogens is 458 g/mol. The number of allylic oxidation sites excluding steroid dienone is 1. The lowest BCUT2D eigenvalue weighted by Crippen LogP contribution is -2.30. The first-order valence-electron chi connectivity index (χ1n) is 12.3. The van der Waals surface area contributed by atoms with Crippen molar-refractivity contribution in [1.82, 2.24) is 10.6 Å². The number of nitrogen functional groups attached to an aromatic ring is 1. The van der Waals surface area contributed by atoms with Crippen LogP contribution in [0.2, 0.25) is 5.02 Å². The molecule has 1 amide bonds. The van der Waals surface area contributed by atoms with Crippen molar-refractivity contribution in [2.24, 2.45) is 5.41 Å². The third kappa shape index (κ3) is 7.18. The summed E-state index contributed by atoms with van der Waals surface area (Å²) in [6, 6.07) is 11.0. The van der Waals surface area contributed by atoms with Gasteiger partial charge in [-0.15, -0.1) is 0 Å². The highest BCUT2D eigenvalue weighted by molar-refractivity contribution is 6.33. The molecule has 2 aromatic carbocycles. The van der Waals surface area contributed by atoms with E-state index < -0.39 is 0 Å². The zero-order chi connectivity index (χ0) is 25.4. The van der Waals surface area contributed by atoms with E-state index in [2.05, 4.69) is 41.3 Å². The van der Waals surface area contributed by atoms with Crippen molar-refractivity contribution in [3.05, 3.63) is 77.2 Å². The van der Waals surface area contributed by atoms with E-state index in [0.29, 0.717) is 40.9 Å². The van der Waals surface area contributed by atoms with Crippen LogP contribution in [0.1, 0.15) is 68.3 Å². The van der Waals surface area contributed by atoms with Crippen LogP contribution in [0, 0.1) is 5.41 Å². The molecule has 6 nitrogen and oxygen atoms in total. The van der Waals surface area contributed by atoms with E-state index in [1.54, 1.807) is 18.2 Å². The van der Waals surface area contributed by atoms with Gasteiger partial charge < -0.3 is 27.0 Å². The molecule has 2 aromatic rings. The van der Waals surface area contributed by atoms with Gasteiger partial charge >= 0.3 is 0 Å². The predicted molar refractivity (Wildman–Crippen MR) is 148 cm³/mol. The number of nitrogens with two attached hydrogens (primary N) is 1. The van der Waals surface area contributed by atoms with Gasteiger partial charge in [0.05, 0.1) is 22.1 Å². The average Bonchev–Trinajstić information content (AvgIpc) is 2.84. The topological polar surface area (TPSA) is 91.2 Å². The normalized spacial score (nSPS) is 14.6. The summed E-state index contributed by atoms with van der Waals surface area (Å²) < 4.78 is 0. The number of hydrogen-bond acceptors (Lipinski definition) is 5. The summed E-state index contributed by atoms with van der Waals surface area (Å²) in [6.45, 7) is 14.0. The van der Waals surface area contributed by atoms with Gasteiger partial charge in [-0.25, -0.2) is 0 Å². The monoisotopic (exact) mass is 495 g/mol. The third-order valence-electron chi connectivity index (χ3n) is 6.64. The molecule has 3 rings (SSSR count). The molecule has 35 heavy (non-hydrogen) atoms. The van der Waals surface area contributed by atoms with E-state index >= 15 is 0 Å². The van der Waals surface area contributed by atoms with E-state index in [4.69, 9.17) is 17.3 Å². The molecule has 1 aliphatic carbocycles. The number of benzene rings is 2. The molecule has 0 spiro atoms. The van der Waals surface area contributed by atoms with Crippen molar-refractivity contribution >= 4 is 34.6 Å². The van der Waals surface area contributed by atoms with Gasteiger partial charge in [0.15, 0.2) is 0 Å². The Morgan fingerprint density at radius 3 is 2.43 bits per heavy atom. The summed E-state index contributed by atoms with van der Waals surface area (Å²) in [5.41, 5.74) is 10.9. The van der Waals surface area contributed by atoms with Crippen LogP contribution in [0.25, 0.3) is 0 Å². The van der Waals surface area contributed by atoms with E-state index in [9.17, 15) is 4.79 Å². The van der Waals surface area contributed by atoms with Crippen molar-refractivity contribution in [2.75, 3.05) is 22.9 Å². The van der Waals surface area contributed by atoms with Gasteiger partial charge in [-0.05, 0) is 55.2 Å². The number of hydrogen-bond donors (Lipinski definition) is 5. The van der Waals surface area contributed by atoms with Crippen LogP contribution in [0.15, 0.2) is 61.1 Å². The molecule has 0 saturated heterocycles. The fraction of sp³-hybridized carbons (Fsp3) is 0.393. The Hall–Kier alpha value is -3.12. The van der Waals surface area contributed by atoms with E-state index in [1.807, 2.05) is 25.1 Å². The molecule has 0 unspecified atom stereocenters. The van der Waals surface area contributed by atoms with E-state index in [1.165, 1.54) is 32.1 Å². The number of nitrogens with one attached hydrogen (secondary N) is 4. The predicted octanol–water partition coefficient (Wildman–Crippen LogP) is 6.63. The first-order valence-corrected chi connectivity index (χ1v) is 12.7. The van der Waals surface area contributed by atoms with Gasteiger partial charge in [-0.1, -0.05) is 63.9 Å². The largest absolute Gasteiger partial charge is 0.397 e. The summed E-state index contributed by atoms with van der Waals surface area (Å²) >= 11 is 6.44. The van der Waals surface area contributed by atoms with Crippen LogP contribution >= 0.6 is 11.6 Å². The molecule has 7 heteroatoms. The Kier molecular flexibility index (Phi) is 9.10. The van der Waals surface area contributed by atoms with Crippen molar-refractivity contribution in [1.29, 1.82) is 0 Å². The maximum Gasteiger partial charge on any atom is 0.251 e. The molecule has 1 fully saturated rings. The Morgan fingerprint density at radius 2 is 1.74 bits per heavy atom. The molecule has 0 atom stereocenters. The zero-order valence-corrected chi connectivity index (χ0v) is 21.7. The maximum atomic E-state index is 12.2. The summed E-state index contributed by atoms with van der Waals surface area (Å²) in [6.07, 6.45) is 7.09. The molecule has 0 aromatic heterocycles. The number of halogens is 1. The van der Waals surface area contributed by atoms with E-state index in [-0.39, 0.29) is 11.3 Å². The summed E-state index contributed by atoms with van der Waals surface area (Å²) in [4.78, 5) is 12.2. The quantitative estimate of drug-likeness (QED) is 0.226. The highest BCUT2D eigenvalue weighted by Crippen LogP contribution is 2.40. The summed E-state index contributed by atoms with van der Waals surface area (Å²) in [5.74, 6) is 0.380. The number of carbonyl (C=O) groups excluding carboxylic acids is 1. The van der Waals surface area contributed by atoms with E-state index in [0.717, 1.165) is 23.4 Å². The zero-order valence-electron chi connectivity index (χ0n) is 20.9. The van der Waals surface area contributed by atoms with Gasteiger partial charge in [-0.3, -0.25) is 4.79 Å². The van der Waals surface area contributed by atoms with Gasteiger partial charge in [0.25, 0.3) is 5.91 Å². The molecule has 6 N–H and O–H groups in total. The highest BCUT2D eigenvalue weighted by atomic mass is 35.5. The first-order chi connectivity index (χ1) is 16.7. The molecule has 188 valence electrons. The lowest BCUT2D eigenvalue weighted by Gasteiger charge is -2.36. The minimum absolute atomic E-state index is 0.139. The standard InChI is InChI=1S/C28H38ClN5O/c1-5-15-31-27(35)22-10-12-25(24(30)17-22)33-20(3)34-26-16-21(9-11-23(26)29)18-32-19(2)28(4)13-7-6-8-14-28/h9-12,16-17,32-34H,2-3,5-8,13-15,18,30H2,1,4H3,(H,31,35). The minimum Gasteiger partial charge on any atom is -0.397 e. The highest BCUT2D eigenvalue weighted by Gasteiger charge is 2.29. The Bertz CT molecular complexity index is 1080.